The topological polar surface area (TPSA) is 38.7 Å². The molecule has 172 valence electrons. The van der Waals surface area contributed by atoms with E-state index in [1.54, 1.807) is 14.2 Å². The van der Waals surface area contributed by atoms with Gasteiger partial charge in [0.15, 0.2) is 5.60 Å². The van der Waals surface area contributed by atoms with Crippen LogP contribution in [0, 0.1) is 30.6 Å². The third kappa shape index (κ3) is 5.56. The van der Waals surface area contributed by atoms with Crippen LogP contribution in [-0.2, 0) is 5.60 Å². The molecule has 0 amide bonds. The fourth-order valence-electron chi connectivity index (χ4n) is 3.61. The van der Waals surface area contributed by atoms with Crippen molar-refractivity contribution in [2.75, 3.05) is 14.2 Å². The van der Waals surface area contributed by atoms with Crippen molar-refractivity contribution < 1.29 is 14.6 Å². The Kier molecular flexibility index (Phi) is 7.22. The molecule has 0 aliphatic carbocycles. The largest absolute Gasteiger partial charge is 0.497 e. The molecule has 0 aliphatic rings. The molecule has 4 aromatic rings. The summed E-state index contributed by atoms with van der Waals surface area (Å²) in [6.07, 6.45) is 0. The van der Waals surface area contributed by atoms with Crippen LogP contribution in [0.4, 0.5) is 0 Å². The quantitative estimate of drug-likeness (QED) is 0.399. The van der Waals surface area contributed by atoms with E-state index in [2.05, 4.69) is 30.6 Å². The zero-order chi connectivity index (χ0) is 24.7. The van der Waals surface area contributed by atoms with E-state index in [9.17, 15) is 5.11 Å². The predicted octanol–water partition coefficient (Wildman–Crippen LogP) is 5.70. The first-order valence-corrected chi connectivity index (χ1v) is 11.2. The summed E-state index contributed by atoms with van der Waals surface area (Å²) in [5.74, 6) is 14.2. The summed E-state index contributed by atoms with van der Waals surface area (Å²) in [6, 6.07) is 30.3. The zero-order valence-corrected chi connectivity index (χ0v) is 20.0. The van der Waals surface area contributed by atoms with E-state index in [-0.39, 0.29) is 0 Å². The molecule has 3 nitrogen and oxygen atoms in total. The number of aliphatic hydroxyl groups is 1. The highest BCUT2D eigenvalue weighted by Gasteiger charge is 2.29. The Labute approximate surface area is 207 Å². The molecule has 0 spiro atoms. The van der Waals surface area contributed by atoms with Crippen LogP contribution in [0.25, 0.3) is 0 Å². The third-order valence-electron chi connectivity index (χ3n) is 5.71. The number of ether oxygens (including phenoxy) is 2. The first-order valence-electron chi connectivity index (χ1n) is 11.2. The highest BCUT2D eigenvalue weighted by atomic mass is 16.5. The molecule has 0 aliphatic heterocycles. The Balaban J connectivity index is 1.77. The minimum Gasteiger partial charge on any atom is -0.497 e. The van der Waals surface area contributed by atoms with Gasteiger partial charge < -0.3 is 14.6 Å². The maximum absolute atomic E-state index is 11.9. The molecule has 4 aromatic carbocycles. The minimum atomic E-state index is -1.55. The Morgan fingerprint density at radius 2 is 1.09 bits per heavy atom. The first-order chi connectivity index (χ1) is 17.0. The van der Waals surface area contributed by atoms with E-state index in [1.165, 1.54) is 5.56 Å². The molecule has 4 rings (SSSR count). The summed E-state index contributed by atoms with van der Waals surface area (Å²) in [5, 5.41) is 11.9. The second-order valence-corrected chi connectivity index (χ2v) is 8.08. The summed E-state index contributed by atoms with van der Waals surface area (Å²) >= 11 is 0. The third-order valence-corrected chi connectivity index (χ3v) is 5.71. The highest BCUT2D eigenvalue weighted by molar-refractivity contribution is 5.55. The smallest absolute Gasteiger partial charge is 0.177 e. The normalized spacial score (nSPS) is 10.4. The fraction of sp³-hybridized carbons (Fsp3) is 0.125. The summed E-state index contributed by atoms with van der Waals surface area (Å²) in [4.78, 5) is 0. The van der Waals surface area contributed by atoms with Gasteiger partial charge in [-0.1, -0.05) is 77.8 Å². The fourth-order valence-corrected chi connectivity index (χ4v) is 3.61. The van der Waals surface area contributed by atoms with Gasteiger partial charge in [0.05, 0.1) is 14.2 Å². The van der Waals surface area contributed by atoms with E-state index in [0.29, 0.717) is 22.6 Å². The molecule has 0 saturated heterocycles. The Bertz CT molecular complexity index is 1360. The molecule has 3 heteroatoms. The van der Waals surface area contributed by atoms with Crippen molar-refractivity contribution in [2.45, 2.75) is 12.5 Å². The van der Waals surface area contributed by atoms with Crippen molar-refractivity contribution in [3.05, 3.63) is 130 Å². The molecule has 1 N–H and O–H groups in total. The minimum absolute atomic E-state index is 0.638. The van der Waals surface area contributed by atoms with E-state index in [1.807, 2.05) is 97.1 Å². The van der Waals surface area contributed by atoms with Crippen LogP contribution >= 0.6 is 0 Å². The summed E-state index contributed by atoms with van der Waals surface area (Å²) in [7, 11) is 3.22. The van der Waals surface area contributed by atoms with Gasteiger partial charge in [-0.2, -0.15) is 0 Å². The van der Waals surface area contributed by atoms with Crippen LogP contribution in [0.15, 0.2) is 97.1 Å². The van der Waals surface area contributed by atoms with Crippen LogP contribution < -0.4 is 9.47 Å². The van der Waals surface area contributed by atoms with Crippen LogP contribution in [0.1, 0.15) is 33.4 Å². The van der Waals surface area contributed by atoms with E-state index < -0.39 is 5.60 Å². The highest BCUT2D eigenvalue weighted by Crippen LogP contribution is 2.31. The number of hydrogen-bond acceptors (Lipinski definition) is 3. The Hall–Kier alpha value is -4.44. The molecule has 0 saturated carbocycles. The molecule has 0 atom stereocenters. The van der Waals surface area contributed by atoms with Crippen molar-refractivity contribution in [2.24, 2.45) is 0 Å². The molecule has 0 fully saturated rings. The number of hydrogen-bond donors (Lipinski definition) is 1. The van der Waals surface area contributed by atoms with Crippen LogP contribution in [0.5, 0.6) is 11.5 Å². The molecule has 0 unspecified atom stereocenters. The molecular weight excluding hydrogens is 432 g/mol. The van der Waals surface area contributed by atoms with Gasteiger partial charge in [-0.15, -0.1) is 0 Å². The Morgan fingerprint density at radius 1 is 0.600 bits per heavy atom. The standard InChI is InChI=1S/C32H26O3/c1-24-8-10-25(11-9-24)12-13-26-6-4-5-7-27(26)22-23-32(33,28-14-18-30(34-2)19-15-28)29-16-20-31(35-3)21-17-29/h4-11,14-21,33H,1-3H3. The van der Waals surface area contributed by atoms with Gasteiger partial charge in [0.2, 0.25) is 0 Å². The van der Waals surface area contributed by atoms with Crippen molar-refractivity contribution in [1.29, 1.82) is 0 Å². The molecule has 35 heavy (non-hydrogen) atoms. The zero-order valence-electron chi connectivity index (χ0n) is 20.0. The van der Waals surface area contributed by atoms with Gasteiger partial charge in [0.25, 0.3) is 0 Å². The maximum atomic E-state index is 11.9. The first kappa shape index (κ1) is 23.7. The number of benzene rings is 4. The monoisotopic (exact) mass is 458 g/mol. The Morgan fingerprint density at radius 3 is 1.57 bits per heavy atom. The summed E-state index contributed by atoms with van der Waals surface area (Å²) < 4.78 is 10.6. The van der Waals surface area contributed by atoms with Crippen molar-refractivity contribution in [3.8, 4) is 35.2 Å². The average molecular weight is 459 g/mol. The van der Waals surface area contributed by atoms with Crippen LogP contribution in [0.3, 0.4) is 0 Å². The second-order valence-electron chi connectivity index (χ2n) is 8.08. The van der Waals surface area contributed by atoms with Gasteiger partial charge in [-0.3, -0.25) is 0 Å². The van der Waals surface area contributed by atoms with Crippen LogP contribution in [0.2, 0.25) is 0 Å². The lowest BCUT2D eigenvalue weighted by Gasteiger charge is -2.24. The van der Waals surface area contributed by atoms with Gasteiger partial charge >= 0.3 is 0 Å². The summed E-state index contributed by atoms with van der Waals surface area (Å²) in [5.41, 5.74) is 3.40. The summed E-state index contributed by atoms with van der Waals surface area (Å²) in [6.45, 7) is 2.05. The van der Waals surface area contributed by atoms with Crippen LogP contribution in [-0.4, -0.2) is 19.3 Å². The van der Waals surface area contributed by atoms with E-state index >= 15 is 0 Å². The predicted molar refractivity (Wildman–Crippen MR) is 139 cm³/mol. The van der Waals surface area contributed by atoms with Gasteiger partial charge in [-0.05, 0) is 55.5 Å². The molecule has 0 radical (unpaired) electrons. The number of aryl methyl sites for hydroxylation is 1. The van der Waals surface area contributed by atoms with E-state index in [4.69, 9.17) is 9.47 Å². The molecule has 0 aromatic heterocycles. The van der Waals surface area contributed by atoms with Crippen molar-refractivity contribution in [1.82, 2.24) is 0 Å². The average Bonchev–Trinajstić information content (AvgIpc) is 2.92. The lowest BCUT2D eigenvalue weighted by molar-refractivity contribution is 0.145. The SMILES string of the molecule is COc1ccc(C(O)(C#Cc2ccccc2C#Cc2ccc(C)cc2)c2ccc(OC)cc2)cc1. The van der Waals surface area contributed by atoms with Gasteiger partial charge in [-0.25, -0.2) is 0 Å². The van der Waals surface area contributed by atoms with Gasteiger partial charge in [0, 0.05) is 27.8 Å². The van der Waals surface area contributed by atoms with Crippen molar-refractivity contribution in [3.63, 3.8) is 0 Å². The maximum Gasteiger partial charge on any atom is 0.177 e. The second kappa shape index (κ2) is 10.7. The number of rotatable bonds is 4. The lowest BCUT2D eigenvalue weighted by Crippen LogP contribution is -2.25. The molecule has 0 bridgehead atoms. The molecular formula is C32H26O3. The van der Waals surface area contributed by atoms with Crippen molar-refractivity contribution >= 4 is 0 Å². The molecule has 0 heterocycles. The number of methoxy groups -OCH3 is 2. The van der Waals surface area contributed by atoms with Gasteiger partial charge in [0.1, 0.15) is 11.5 Å². The van der Waals surface area contributed by atoms with E-state index in [0.717, 1.165) is 16.7 Å². The lowest BCUT2D eigenvalue weighted by atomic mass is 9.86.